The highest BCUT2D eigenvalue weighted by atomic mass is 32.2. The van der Waals surface area contributed by atoms with Gasteiger partial charge in [-0.25, -0.2) is 4.98 Å². The number of furan rings is 1. The van der Waals surface area contributed by atoms with E-state index in [4.69, 9.17) is 4.42 Å². The van der Waals surface area contributed by atoms with E-state index in [0.717, 1.165) is 22.3 Å². The van der Waals surface area contributed by atoms with Gasteiger partial charge in [-0.05, 0) is 26.0 Å². The van der Waals surface area contributed by atoms with Crippen molar-refractivity contribution in [2.75, 3.05) is 5.75 Å². The molecular weight excluding hydrogens is 372 g/mol. The number of nitrogens with one attached hydrogen (secondary N) is 2. The lowest BCUT2D eigenvalue weighted by atomic mass is 10.1. The first kappa shape index (κ1) is 18.3. The number of rotatable bonds is 6. The van der Waals surface area contributed by atoms with Crippen molar-refractivity contribution in [3.63, 3.8) is 0 Å². The van der Waals surface area contributed by atoms with Crippen LogP contribution >= 0.6 is 11.8 Å². The topological polar surface area (TPSA) is 83.8 Å². The van der Waals surface area contributed by atoms with Crippen LogP contribution in [0.3, 0.4) is 0 Å². The van der Waals surface area contributed by atoms with Crippen molar-refractivity contribution >= 4 is 28.6 Å². The van der Waals surface area contributed by atoms with Gasteiger partial charge in [-0.3, -0.25) is 9.89 Å². The standard InChI is InChI=1S/C21H20N4O2S/c1-13-7-9-15(10-8-13)20-23-21(25-24-20)28-12-19(26)22-14(2)18-11-16-5-3-4-6-17(16)27-18/h3-11,14H,12H2,1-2H3,(H,22,26)(H,23,24,25)/t14-/m1/s1. The predicted molar refractivity (Wildman–Crippen MR) is 110 cm³/mol. The van der Waals surface area contributed by atoms with Gasteiger partial charge < -0.3 is 9.73 Å². The molecule has 2 aromatic carbocycles. The first-order valence-electron chi connectivity index (χ1n) is 8.98. The van der Waals surface area contributed by atoms with E-state index in [1.807, 2.05) is 68.4 Å². The Morgan fingerprint density at radius 1 is 1.21 bits per heavy atom. The SMILES string of the molecule is Cc1ccc(-c2nc(SCC(=O)N[C@H](C)c3cc4ccccc4o3)n[nH]2)cc1. The van der Waals surface area contributed by atoms with Crippen molar-refractivity contribution in [1.82, 2.24) is 20.5 Å². The molecule has 0 aliphatic heterocycles. The number of hydrogen-bond acceptors (Lipinski definition) is 5. The fraction of sp³-hybridized carbons (Fsp3) is 0.190. The van der Waals surface area contributed by atoms with Crippen LogP contribution in [0, 0.1) is 6.92 Å². The molecule has 28 heavy (non-hydrogen) atoms. The average Bonchev–Trinajstić information content (AvgIpc) is 3.34. The van der Waals surface area contributed by atoms with Gasteiger partial charge in [-0.15, -0.1) is 5.10 Å². The summed E-state index contributed by atoms with van der Waals surface area (Å²) in [5, 5.41) is 11.6. The highest BCUT2D eigenvalue weighted by Gasteiger charge is 2.15. The zero-order chi connectivity index (χ0) is 19.5. The van der Waals surface area contributed by atoms with Crippen molar-refractivity contribution in [2.24, 2.45) is 0 Å². The van der Waals surface area contributed by atoms with Crippen LogP contribution in [0.5, 0.6) is 0 Å². The fourth-order valence-corrected chi connectivity index (χ4v) is 3.46. The van der Waals surface area contributed by atoms with Crippen LogP contribution in [-0.4, -0.2) is 26.8 Å². The molecule has 0 saturated carbocycles. The Morgan fingerprint density at radius 3 is 2.79 bits per heavy atom. The number of nitrogens with zero attached hydrogens (tertiary/aromatic N) is 2. The number of carbonyl (C=O) groups excluding carboxylic acids is 1. The average molecular weight is 392 g/mol. The number of amides is 1. The van der Waals surface area contributed by atoms with Crippen LogP contribution in [0.4, 0.5) is 0 Å². The van der Waals surface area contributed by atoms with Crippen molar-refractivity contribution in [3.05, 3.63) is 65.9 Å². The third-order valence-corrected chi connectivity index (χ3v) is 5.22. The molecule has 0 bridgehead atoms. The lowest BCUT2D eigenvalue weighted by molar-refractivity contribution is -0.119. The number of aromatic amines is 1. The van der Waals surface area contributed by atoms with E-state index >= 15 is 0 Å². The van der Waals surface area contributed by atoms with Gasteiger partial charge in [0.25, 0.3) is 0 Å². The molecule has 0 radical (unpaired) electrons. The Kier molecular flexibility index (Phi) is 5.16. The van der Waals surface area contributed by atoms with E-state index in [2.05, 4.69) is 20.5 Å². The molecule has 142 valence electrons. The van der Waals surface area contributed by atoms with E-state index in [-0.39, 0.29) is 17.7 Å². The Bertz CT molecular complexity index is 1070. The molecule has 1 atom stereocenters. The van der Waals surface area contributed by atoms with E-state index in [1.165, 1.54) is 17.3 Å². The van der Waals surface area contributed by atoms with Crippen LogP contribution in [0.2, 0.25) is 0 Å². The van der Waals surface area contributed by atoms with Gasteiger partial charge in [-0.2, -0.15) is 0 Å². The minimum absolute atomic E-state index is 0.0976. The van der Waals surface area contributed by atoms with Gasteiger partial charge in [0.05, 0.1) is 11.8 Å². The summed E-state index contributed by atoms with van der Waals surface area (Å²) in [4.78, 5) is 16.7. The number of benzene rings is 2. The molecule has 7 heteroatoms. The Hall–Kier alpha value is -3.06. The van der Waals surface area contributed by atoms with Gasteiger partial charge in [0, 0.05) is 10.9 Å². The lowest BCUT2D eigenvalue weighted by Gasteiger charge is -2.10. The van der Waals surface area contributed by atoms with E-state index in [0.29, 0.717) is 11.0 Å². The molecule has 1 amide bonds. The fourth-order valence-electron chi connectivity index (χ4n) is 2.85. The van der Waals surface area contributed by atoms with Crippen LogP contribution < -0.4 is 5.32 Å². The van der Waals surface area contributed by atoms with Crippen LogP contribution in [0.1, 0.15) is 24.3 Å². The second kappa shape index (κ2) is 7.90. The maximum Gasteiger partial charge on any atom is 0.231 e. The molecule has 0 unspecified atom stereocenters. The normalized spacial score (nSPS) is 12.2. The number of thioether (sulfide) groups is 1. The van der Waals surface area contributed by atoms with Crippen LogP contribution in [-0.2, 0) is 4.79 Å². The number of para-hydroxylation sites is 1. The van der Waals surface area contributed by atoms with Crippen LogP contribution in [0.15, 0.2) is 64.2 Å². The number of carbonyl (C=O) groups is 1. The molecule has 0 spiro atoms. The second-order valence-corrected chi connectivity index (χ2v) is 7.54. The number of H-pyrrole nitrogens is 1. The Morgan fingerprint density at radius 2 is 2.00 bits per heavy atom. The summed E-state index contributed by atoms with van der Waals surface area (Å²) < 4.78 is 5.80. The van der Waals surface area contributed by atoms with Crippen molar-refractivity contribution in [3.8, 4) is 11.4 Å². The first-order valence-corrected chi connectivity index (χ1v) is 9.97. The van der Waals surface area contributed by atoms with Gasteiger partial charge in [0.2, 0.25) is 11.1 Å². The molecule has 4 aromatic rings. The van der Waals surface area contributed by atoms with Gasteiger partial charge in [0.1, 0.15) is 11.3 Å². The van der Waals surface area contributed by atoms with E-state index in [1.54, 1.807) is 0 Å². The smallest absolute Gasteiger partial charge is 0.231 e. The summed E-state index contributed by atoms with van der Waals surface area (Å²) in [7, 11) is 0. The van der Waals surface area contributed by atoms with Crippen molar-refractivity contribution in [2.45, 2.75) is 25.0 Å². The second-order valence-electron chi connectivity index (χ2n) is 6.60. The molecule has 0 saturated heterocycles. The maximum atomic E-state index is 12.3. The Balaban J connectivity index is 1.33. The minimum atomic E-state index is -0.212. The molecule has 0 fully saturated rings. The first-order chi connectivity index (χ1) is 13.6. The van der Waals surface area contributed by atoms with Crippen LogP contribution in [0.25, 0.3) is 22.4 Å². The molecule has 4 rings (SSSR count). The summed E-state index contributed by atoms with van der Waals surface area (Å²) in [6, 6.07) is 17.6. The maximum absolute atomic E-state index is 12.3. The molecular formula is C21H20N4O2S. The van der Waals surface area contributed by atoms with Gasteiger partial charge in [0.15, 0.2) is 5.82 Å². The third kappa shape index (κ3) is 4.09. The summed E-state index contributed by atoms with van der Waals surface area (Å²) in [6.45, 7) is 3.94. The summed E-state index contributed by atoms with van der Waals surface area (Å²) >= 11 is 1.29. The zero-order valence-electron chi connectivity index (χ0n) is 15.6. The summed E-state index contributed by atoms with van der Waals surface area (Å²) in [6.07, 6.45) is 0. The summed E-state index contributed by atoms with van der Waals surface area (Å²) in [5.41, 5.74) is 2.97. The molecule has 2 heterocycles. The molecule has 0 aliphatic carbocycles. The molecule has 2 N–H and O–H groups in total. The van der Waals surface area contributed by atoms with E-state index < -0.39 is 0 Å². The lowest BCUT2D eigenvalue weighted by Crippen LogP contribution is -2.27. The highest BCUT2D eigenvalue weighted by molar-refractivity contribution is 7.99. The zero-order valence-corrected chi connectivity index (χ0v) is 16.4. The molecule has 0 aliphatic rings. The quantitative estimate of drug-likeness (QED) is 0.472. The summed E-state index contributed by atoms with van der Waals surface area (Å²) in [5.74, 6) is 1.56. The van der Waals surface area contributed by atoms with E-state index in [9.17, 15) is 4.79 Å². The highest BCUT2D eigenvalue weighted by Crippen LogP contribution is 2.24. The number of fused-ring (bicyclic) bond motifs is 1. The largest absolute Gasteiger partial charge is 0.459 e. The monoisotopic (exact) mass is 392 g/mol. The minimum Gasteiger partial charge on any atom is -0.459 e. The molecule has 6 nitrogen and oxygen atoms in total. The van der Waals surface area contributed by atoms with Crippen molar-refractivity contribution in [1.29, 1.82) is 0 Å². The number of aromatic nitrogens is 3. The van der Waals surface area contributed by atoms with Crippen molar-refractivity contribution < 1.29 is 9.21 Å². The predicted octanol–water partition coefficient (Wildman–Crippen LogP) is 4.50. The third-order valence-electron chi connectivity index (χ3n) is 4.37. The number of aryl methyl sites for hydroxylation is 1. The molecule has 2 aromatic heterocycles. The van der Waals surface area contributed by atoms with Gasteiger partial charge in [-0.1, -0.05) is 59.8 Å². The Labute approximate surface area is 166 Å². The van der Waals surface area contributed by atoms with Gasteiger partial charge >= 0.3 is 0 Å². The number of hydrogen-bond donors (Lipinski definition) is 2.